The molecule has 1 aliphatic carbocycles. The van der Waals surface area contributed by atoms with Crippen LogP contribution in [0.25, 0.3) is 0 Å². The van der Waals surface area contributed by atoms with Gasteiger partial charge in [0.1, 0.15) is 5.54 Å². The van der Waals surface area contributed by atoms with E-state index < -0.39 is 11.5 Å². The third-order valence-electron chi connectivity index (χ3n) is 4.85. The molecule has 6 nitrogen and oxygen atoms in total. The molecule has 1 fully saturated rings. The number of carboxylic acid groups (broad SMARTS) is 1. The first-order valence-electron chi connectivity index (χ1n) is 7.98. The van der Waals surface area contributed by atoms with Crippen molar-refractivity contribution in [1.82, 2.24) is 15.1 Å². The molecule has 0 aromatic carbocycles. The van der Waals surface area contributed by atoms with E-state index in [2.05, 4.69) is 17.3 Å². The summed E-state index contributed by atoms with van der Waals surface area (Å²) in [5, 5.41) is 16.4. The summed E-state index contributed by atoms with van der Waals surface area (Å²) in [5.74, 6) is -0.520. The van der Waals surface area contributed by atoms with E-state index in [0.29, 0.717) is 25.2 Å². The summed E-state index contributed by atoms with van der Waals surface area (Å²) in [6.45, 7) is 2.13. The number of aryl methyl sites for hydroxylation is 2. The summed E-state index contributed by atoms with van der Waals surface area (Å²) < 4.78 is 1.73. The smallest absolute Gasteiger partial charge is 0.329 e. The molecule has 0 spiro atoms. The number of aliphatic carboxylic acids is 1. The quantitative estimate of drug-likeness (QED) is 0.840. The minimum Gasteiger partial charge on any atom is -0.480 e. The van der Waals surface area contributed by atoms with E-state index in [-0.39, 0.29) is 12.3 Å². The second kappa shape index (κ2) is 6.94. The highest BCUT2D eigenvalue weighted by atomic mass is 16.4. The largest absolute Gasteiger partial charge is 0.480 e. The Balaban J connectivity index is 1.92. The van der Waals surface area contributed by atoms with Crippen LogP contribution >= 0.6 is 0 Å². The van der Waals surface area contributed by atoms with Crippen LogP contribution in [0.5, 0.6) is 0 Å². The number of carboxylic acids is 1. The summed E-state index contributed by atoms with van der Waals surface area (Å²) in [7, 11) is 1.83. The number of carbonyl (C=O) groups excluding carboxylic acids is 1. The molecule has 0 unspecified atom stereocenters. The minimum absolute atomic E-state index is 0.196. The lowest BCUT2D eigenvalue weighted by atomic mass is 9.75. The molecule has 1 amide bonds. The number of carbonyl (C=O) groups is 2. The van der Waals surface area contributed by atoms with Crippen LogP contribution in [0, 0.1) is 5.92 Å². The minimum atomic E-state index is -1.07. The highest BCUT2D eigenvalue weighted by Gasteiger charge is 2.42. The van der Waals surface area contributed by atoms with Gasteiger partial charge in [0.2, 0.25) is 5.91 Å². The van der Waals surface area contributed by atoms with Gasteiger partial charge in [-0.25, -0.2) is 4.79 Å². The zero-order valence-electron chi connectivity index (χ0n) is 13.3. The van der Waals surface area contributed by atoms with Crippen molar-refractivity contribution in [3.05, 3.63) is 18.0 Å². The van der Waals surface area contributed by atoms with Crippen LogP contribution in [0.1, 0.15) is 51.1 Å². The lowest BCUT2D eigenvalue weighted by Gasteiger charge is -2.37. The normalized spacial score (nSPS) is 24.9. The van der Waals surface area contributed by atoms with Gasteiger partial charge >= 0.3 is 5.97 Å². The van der Waals surface area contributed by atoms with Crippen molar-refractivity contribution in [1.29, 1.82) is 0 Å². The maximum absolute atomic E-state index is 12.2. The first-order chi connectivity index (χ1) is 10.5. The fourth-order valence-electron chi connectivity index (χ4n) is 3.19. The molecule has 0 atom stereocenters. The Morgan fingerprint density at radius 2 is 2.14 bits per heavy atom. The standard InChI is InChI=1S/C16H25N3O3/c1-3-12-6-9-16(10-7-12,15(21)22)18-14(20)5-4-13-8-11-17-19(13)2/h8,11-12H,3-7,9-10H2,1-2H3,(H,18,20)(H,21,22). The fourth-order valence-corrected chi connectivity index (χ4v) is 3.19. The summed E-state index contributed by atoms with van der Waals surface area (Å²) in [4.78, 5) is 23.8. The van der Waals surface area contributed by atoms with Gasteiger partial charge in [0, 0.05) is 25.4 Å². The van der Waals surface area contributed by atoms with E-state index in [9.17, 15) is 14.7 Å². The monoisotopic (exact) mass is 307 g/mol. The van der Waals surface area contributed by atoms with Gasteiger partial charge in [-0.1, -0.05) is 13.3 Å². The summed E-state index contributed by atoms with van der Waals surface area (Å²) in [6.07, 6.45) is 6.40. The van der Waals surface area contributed by atoms with Gasteiger partial charge in [-0.15, -0.1) is 0 Å². The van der Waals surface area contributed by atoms with Crippen molar-refractivity contribution in [3.8, 4) is 0 Å². The highest BCUT2D eigenvalue weighted by molar-refractivity contribution is 5.87. The highest BCUT2D eigenvalue weighted by Crippen LogP contribution is 2.34. The van der Waals surface area contributed by atoms with Crippen LogP contribution in [-0.2, 0) is 23.1 Å². The van der Waals surface area contributed by atoms with Crippen molar-refractivity contribution in [3.63, 3.8) is 0 Å². The number of nitrogens with one attached hydrogen (secondary N) is 1. The van der Waals surface area contributed by atoms with Gasteiger partial charge in [-0.3, -0.25) is 9.48 Å². The van der Waals surface area contributed by atoms with Crippen molar-refractivity contribution < 1.29 is 14.7 Å². The van der Waals surface area contributed by atoms with E-state index in [4.69, 9.17) is 0 Å². The number of rotatable bonds is 6. The van der Waals surface area contributed by atoms with Gasteiger partial charge in [-0.2, -0.15) is 5.10 Å². The second-order valence-corrected chi connectivity index (χ2v) is 6.23. The van der Waals surface area contributed by atoms with E-state index >= 15 is 0 Å². The fraction of sp³-hybridized carbons (Fsp3) is 0.688. The van der Waals surface area contributed by atoms with Gasteiger partial charge < -0.3 is 10.4 Å². The van der Waals surface area contributed by atoms with Gasteiger partial charge in [0.25, 0.3) is 0 Å². The van der Waals surface area contributed by atoms with Crippen molar-refractivity contribution >= 4 is 11.9 Å². The molecule has 0 saturated heterocycles. The van der Waals surface area contributed by atoms with Crippen molar-refractivity contribution in [2.75, 3.05) is 0 Å². The van der Waals surface area contributed by atoms with Crippen LogP contribution in [0.4, 0.5) is 0 Å². The Hall–Kier alpha value is -1.85. The molecule has 1 saturated carbocycles. The van der Waals surface area contributed by atoms with Crippen molar-refractivity contribution in [2.45, 2.75) is 57.4 Å². The number of amides is 1. The Bertz CT molecular complexity index is 530. The van der Waals surface area contributed by atoms with Crippen molar-refractivity contribution in [2.24, 2.45) is 13.0 Å². The molecular weight excluding hydrogens is 282 g/mol. The summed E-state index contributed by atoms with van der Waals surface area (Å²) >= 11 is 0. The molecule has 1 aromatic rings. The van der Waals surface area contributed by atoms with E-state index in [1.54, 1.807) is 10.9 Å². The molecule has 1 aliphatic rings. The average molecular weight is 307 g/mol. The van der Waals surface area contributed by atoms with E-state index in [1.807, 2.05) is 13.1 Å². The maximum Gasteiger partial charge on any atom is 0.329 e. The summed E-state index contributed by atoms with van der Waals surface area (Å²) in [5.41, 5.74) is -0.107. The molecule has 22 heavy (non-hydrogen) atoms. The van der Waals surface area contributed by atoms with Crippen LogP contribution in [0.3, 0.4) is 0 Å². The molecule has 0 bridgehead atoms. The lowest BCUT2D eigenvalue weighted by molar-refractivity contribution is -0.149. The van der Waals surface area contributed by atoms with Crippen LogP contribution in [0.15, 0.2) is 12.3 Å². The molecule has 2 rings (SSSR count). The van der Waals surface area contributed by atoms with Gasteiger partial charge in [0.15, 0.2) is 0 Å². The topological polar surface area (TPSA) is 84.2 Å². The first kappa shape index (κ1) is 16.5. The number of nitrogens with zero attached hydrogens (tertiary/aromatic N) is 2. The van der Waals surface area contributed by atoms with Crippen LogP contribution < -0.4 is 5.32 Å². The van der Waals surface area contributed by atoms with E-state index in [1.165, 1.54) is 0 Å². The van der Waals surface area contributed by atoms with Gasteiger partial charge in [-0.05, 0) is 44.1 Å². The number of aromatic nitrogens is 2. The van der Waals surface area contributed by atoms with Crippen LogP contribution in [-0.4, -0.2) is 32.3 Å². The summed E-state index contributed by atoms with van der Waals surface area (Å²) in [6, 6.07) is 1.87. The Kier molecular flexibility index (Phi) is 5.21. The molecule has 1 heterocycles. The Morgan fingerprint density at radius 3 is 2.64 bits per heavy atom. The molecule has 1 aromatic heterocycles. The predicted molar refractivity (Wildman–Crippen MR) is 82.3 cm³/mol. The molecular formula is C16H25N3O3. The number of hydrogen-bond donors (Lipinski definition) is 2. The van der Waals surface area contributed by atoms with Crippen LogP contribution in [0.2, 0.25) is 0 Å². The molecule has 2 N–H and O–H groups in total. The zero-order valence-corrected chi connectivity index (χ0v) is 13.3. The molecule has 6 heteroatoms. The molecule has 122 valence electrons. The second-order valence-electron chi connectivity index (χ2n) is 6.23. The first-order valence-corrected chi connectivity index (χ1v) is 7.98. The Morgan fingerprint density at radius 1 is 1.45 bits per heavy atom. The average Bonchev–Trinajstić information content (AvgIpc) is 2.91. The van der Waals surface area contributed by atoms with E-state index in [0.717, 1.165) is 25.0 Å². The zero-order chi connectivity index (χ0) is 16.2. The predicted octanol–water partition coefficient (Wildman–Crippen LogP) is 1.89. The third-order valence-corrected chi connectivity index (χ3v) is 4.85. The number of hydrogen-bond acceptors (Lipinski definition) is 3. The molecule has 0 aliphatic heterocycles. The SMILES string of the molecule is CCC1CCC(NC(=O)CCc2ccnn2C)(C(=O)O)CC1. The van der Waals surface area contributed by atoms with Gasteiger partial charge in [0.05, 0.1) is 0 Å². The third kappa shape index (κ3) is 3.67. The Labute approximate surface area is 130 Å². The lowest BCUT2D eigenvalue weighted by Crippen LogP contribution is -2.56. The maximum atomic E-state index is 12.2. The molecule has 0 radical (unpaired) electrons.